The molecule has 0 unspecified atom stereocenters. The fraction of sp³-hybridized carbons (Fsp3) is 0. The summed E-state index contributed by atoms with van der Waals surface area (Å²) in [6.45, 7) is 0. The zero-order valence-electron chi connectivity index (χ0n) is 1.80. The third kappa shape index (κ3) is 26.6. The Balaban J connectivity index is 2.80. The minimum absolute atomic E-state index is 3.58. The van der Waals surface area contributed by atoms with E-state index in [0.717, 1.165) is 0 Å². The van der Waals surface area contributed by atoms with Gasteiger partial charge in [-0.05, 0) is 0 Å². The summed E-state index contributed by atoms with van der Waals surface area (Å²) in [4.78, 5) is 0. The quantitative estimate of drug-likeness (QED) is 0.372. The van der Waals surface area contributed by atoms with Crippen LogP contribution in [-0.2, 0) is 21.9 Å². The van der Waals surface area contributed by atoms with Crippen molar-refractivity contribution in [3.8, 4) is 0 Å². The summed E-state index contributed by atoms with van der Waals surface area (Å²) >= 11 is -3.58. The van der Waals surface area contributed by atoms with Gasteiger partial charge in [-0.15, -0.1) is 0 Å². The zero-order valence-corrected chi connectivity index (χ0v) is 3.36. The maximum atomic E-state index is 8.81. The van der Waals surface area contributed by atoms with Gasteiger partial charge in [0.15, 0.2) is 0 Å². The molecule has 0 atom stereocenters. The van der Waals surface area contributed by atoms with Crippen molar-refractivity contribution in [3.63, 3.8) is 0 Å². The Morgan fingerprint density at radius 2 is 1.50 bits per heavy atom. The normalized spacial score (nSPS) is 6.50. The molecule has 0 saturated heterocycles. The van der Waals surface area contributed by atoms with E-state index in [4.69, 9.17) is 10.7 Å². The first-order valence-electron chi connectivity index (χ1n) is 0.651. The molecule has 0 aliphatic carbocycles. The van der Waals surface area contributed by atoms with Crippen molar-refractivity contribution in [1.82, 2.24) is 0 Å². The third-order valence-electron chi connectivity index (χ3n) is 0. The molecule has 0 aliphatic rings. The number of hydrogen-bond acceptors (Lipinski definition) is 1. The van der Waals surface area contributed by atoms with Crippen LogP contribution in [0.5, 0.6) is 0 Å². The van der Waals surface area contributed by atoms with Gasteiger partial charge in [0.1, 0.15) is 0 Å². The van der Waals surface area contributed by atoms with Crippen LogP contribution in [0, 0.1) is 0 Å². The molecule has 0 aromatic rings. The molecule has 0 radical (unpaired) electrons. The zero-order chi connectivity index (χ0) is 3.58. The average Bonchev–Trinajstić information content (AvgIpc) is 0.811. The Morgan fingerprint density at radius 3 is 1.50 bits per heavy atom. The predicted molar refractivity (Wildman–Crippen MR) is 5.12 cm³/mol. The standard InChI is InChI=1S/2H2O.O.Ti/h2*1H2;;/q;;;+2/p-2. The van der Waals surface area contributed by atoms with Crippen molar-refractivity contribution in [1.29, 1.82) is 0 Å². The van der Waals surface area contributed by atoms with Crippen molar-refractivity contribution in [2.75, 3.05) is 0 Å². The Hall–Kier alpha value is 0.434. The van der Waals surface area contributed by atoms with Crippen molar-refractivity contribution in [2.45, 2.75) is 0 Å². The molecule has 0 aliphatic heterocycles. The molecule has 0 fully saturated rings. The number of hydrogen-bond donors (Lipinski definition) is 2. The van der Waals surface area contributed by atoms with E-state index in [1.165, 1.54) is 0 Å². The van der Waals surface area contributed by atoms with Gasteiger partial charge in [-0.25, -0.2) is 0 Å². The number of rotatable bonds is 0. The third-order valence-corrected chi connectivity index (χ3v) is 0. The second kappa shape index (κ2) is 1.73. The van der Waals surface area contributed by atoms with Crippen molar-refractivity contribution in [3.05, 3.63) is 0 Å². The molecule has 4 heavy (non-hydrogen) atoms. The molecular weight excluding hydrogens is 95.9 g/mol. The van der Waals surface area contributed by atoms with Crippen LogP contribution in [0.2, 0.25) is 0 Å². The van der Waals surface area contributed by atoms with Gasteiger partial charge >= 0.3 is 29.3 Å². The SMILES string of the molecule is [O]=[Ti]([OH])[OH]. The van der Waals surface area contributed by atoms with Crippen LogP contribution in [0.3, 0.4) is 0 Å². The topological polar surface area (TPSA) is 57.5 Å². The predicted octanol–water partition coefficient (Wildman–Crippen LogP) is -1.24. The second-order valence-corrected chi connectivity index (χ2v) is 1.17. The molecule has 0 spiro atoms. The summed E-state index contributed by atoms with van der Waals surface area (Å²) in [6, 6.07) is 0. The van der Waals surface area contributed by atoms with Crippen LogP contribution in [0.4, 0.5) is 0 Å². The van der Waals surface area contributed by atoms with Crippen LogP contribution < -0.4 is 0 Å². The molecule has 0 amide bonds. The average molecular weight is 97.9 g/mol. The summed E-state index contributed by atoms with van der Waals surface area (Å²) < 4.78 is 23.2. The molecule has 0 bridgehead atoms. The first-order valence-corrected chi connectivity index (χ1v) is 2.69. The molecule has 0 aromatic heterocycles. The molecule has 0 rings (SSSR count). The molecule has 24 valence electrons. The maximum absolute atomic E-state index is 8.81. The van der Waals surface area contributed by atoms with Gasteiger partial charge in [0.25, 0.3) is 0 Å². The fourth-order valence-electron chi connectivity index (χ4n) is 0. The van der Waals surface area contributed by atoms with E-state index in [2.05, 4.69) is 0 Å². The summed E-state index contributed by atoms with van der Waals surface area (Å²) in [7, 11) is 0. The first kappa shape index (κ1) is 4.43. The molecule has 0 heterocycles. The Labute approximate surface area is 30.0 Å². The van der Waals surface area contributed by atoms with Crippen LogP contribution in [-0.4, -0.2) is 7.38 Å². The van der Waals surface area contributed by atoms with E-state index in [9.17, 15) is 0 Å². The van der Waals surface area contributed by atoms with Gasteiger partial charge in [0.05, 0.1) is 0 Å². The van der Waals surface area contributed by atoms with Gasteiger partial charge in [-0.2, -0.15) is 0 Å². The van der Waals surface area contributed by atoms with Crippen molar-refractivity contribution >= 4 is 0 Å². The molecular formula is H2O3Ti. The molecule has 4 heteroatoms. The van der Waals surface area contributed by atoms with Gasteiger partial charge < -0.3 is 0 Å². The van der Waals surface area contributed by atoms with Crippen LogP contribution in [0.25, 0.3) is 0 Å². The second-order valence-electron chi connectivity index (χ2n) is 0.283. The monoisotopic (exact) mass is 97.9 g/mol. The Kier molecular flexibility index (Phi) is 1.91. The first-order chi connectivity index (χ1) is 1.73. The Morgan fingerprint density at radius 1 is 1.50 bits per heavy atom. The summed E-state index contributed by atoms with van der Waals surface area (Å²) in [6.07, 6.45) is 0. The van der Waals surface area contributed by atoms with Crippen LogP contribution >= 0.6 is 0 Å². The van der Waals surface area contributed by atoms with E-state index < -0.39 is 18.6 Å². The summed E-state index contributed by atoms with van der Waals surface area (Å²) in [5.41, 5.74) is 0. The summed E-state index contributed by atoms with van der Waals surface area (Å²) in [5.74, 6) is 0. The molecule has 0 saturated carbocycles. The van der Waals surface area contributed by atoms with Crippen molar-refractivity contribution < 1.29 is 29.3 Å². The Bertz CT molecular complexity index is 26.3. The van der Waals surface area contributed by atoms with Crippen molar-refractivity contribution in [2.24, 2.45) is 0 Å². The van der Waals surface area contributed by atoms with Gasteiger partial charge in [0.2, 0.25) is 0 Å². The van der Waals surface area contributed by atoms with Crippen LogP contribution in [0.1, 0.15) is 0 Å². The van der Waals surface area contributed by atoms with Gasteiger partial charge in [0, 0.05) is 0 Å². The van der Waals surface area contributed by atoms with Crippen LogP contribution in [0.15, 0.2) is 0 Å². The van der Waals surface area contributed by atoms with E-state index >= 15 is 0 Å². The van der Waals surface area contributed by atoms with Gasteiger partial charge in [-0.1, -0.05) is 0 Å². The van der Waals surface area contributed by atoms with E-state index in [1.807, 2.05) is 0 Å². The molecule has 3 nitrogen and oxygen atoms in total. The van der Waals surface area contributed by atoms with Gasteiger partial charge in [-0.3, -0.25) is 0 Å². The minimum atomic E-state index is -3.58. The van der Waals surface area contributed by atoms with E-state index in [1.54, 1.807) is 0 Å². The van der Waals surface area contributed by atoms with E-state index in [-0.39, 0.29) is 0 Å². The molecule has 2 N–H and O–H groups in total. The summed E-state index contributed by atoms with van der Waals surface area (Å²) in [5, 5.41) is 0. The molecule has 0 aromatic carbocycles. The fourth-order valence-corrected chi connectivity index (χ4v) is 0. The van der Waals surface area contributed by atoms with E-state index in [0.29, 0.717) is 0 Å².